The monoisotopic (exact) mass is 341 g/mol. The van der Waals surface area contributed by atoms with Gasteiger partial charge in [-0.3, -0.25) is 9.59 Å². The van der Waals surface area contributed by atoms with Crippen LogP contribution in [0, 0.1) is 0 Å². The highest BCUT2D eigenvalue weighted by Crippen LogP contribution is 2.25. The molecule has 0 aliphatic carbocycles. The topological polar surface area (TPSA) is 96.5 Å². The van der Waals surface area contributed by atoms with Gasteiger partial charge in [0.25, 0.3) is 0 Å². The van der Waals surface area contributed by atoms with Crippen LogP contribution >= 0.6 is 0 Å². The molecule has 3 N–H and O–H groups in total. The van der Waals surface area contributed by atoms with Crippen molar-refractivity contribution in [3.8, 4) is 0 Å². The fourth-order valence-corrected chi connectivity index (χ4v) is 2.68. The summed E-state index contributed by atoms with van der Waals surface area (Å²) >= 11 is 0. The van der Waals surface area contributed by atoms with Crippen molar-refractivity contribution >= 4 is 22.7 Å². The minimum absolute atomic E-state index is 0.0546. The van der Waals surface area contributed by atoms with Crippen LogP contribution in [0.25, 0.3) is 10.9 Å². The number of amides is 2. The highest BCUT2D eigenvalue weighted by molar-refractivity contribution is 6.35. The van der Waals surface area contributed by atoms with Crippen LogP contribution in [0.2, 0.25) is 0 Å². The third kappa shape index (κ3) is 3.72. The largest absolute Gasteiger partial charge is 0.467 e. The smallest absolute Gasteiger partial charge is 0.309 e. The van der Waals surface area contributed by atoms with E-state index in [2.05, 4.69) is 10.6 Å². The Balaban J connectivity index is 1.56. The van der Waals surface area contributed by atoms with Gasteiger partial charge in [0.15, 0.2) is 0 Å². The van der Waals surface area contributed by atoms with Gasteiger partial charge in [0.2, 0.25) is 0 Å². The Morgan fingerprint density at radius 2 is 1.92 bits per heavy atom. The number of aromatic nitrogens is 1. The highest BCUT2D eigenvalue weighted by atomic mass is 16.3. The molecule has 0 bridgehead atoms. The number of benzene rings is 1. The molecule has 0 saturated carbocycles. The van der Waals surface area contributed by atoms with Crippen molar-refractivity contribution in [1.82, 2.24) is 15.2 Å². The Morgan fingerprint density at radius 3 is 2.68 bits per heavy atom. The summed E-state index contributed by atoms with van der Waals surface area (Å²) in [6, 6.07) is 11.1. The molecule has 0 unspecified atom stereocenters. The molecular formula is C18H19N3O4. The molecule has 2 aromatic heterocycles. The van der Waals surface area contributed by atoms with Crippen LogP contribution in [0.15, 0.2) is 53.3 Å². The highest BCUT2D eigenvalue weighted by Gasteiger charge is 2.18. The number of hydrogen-bond donors (Lipinski definition) is 3. The number of nitrogens with one attached hydrogen (secondary N) is 2. The van der Waals surface area contributed by atoms with Crippen molar-refractivity contribution in [3.05, 3.63) is 60.2 Å². The molecule has 7 heteroatoms. The summed E-state index contributed by atoms with van der Waals surface area (Å²) in [6.07, 6.45) is 2.40. The number of fused-ring (bicyclic) bond motifs is 1. The van der Waals surface area contributed by atoms with Gasteiger partial charge in [-0.2, -0.15) is 0 Å². The zero-order chi connectivity index (χ0) is 17.8. The summed E-state index contributed by atoms with van der Waals surface area (Å²) in [5.41, 5.74) is 1.69. The molecule has 0 fully saturated rings. The molecular weight excluding hydrogens is 322 g/mol. The summed E-state index contributed by atoms with van der Waals surface area (Å²) in [4.78, 5) is 23.6. The zero-order valence-corrected chi connectivity index (χ0v) is 13.7. The predicted molar refractivity (Wildman–Crippen MR) is 91.4 cm³/mol. The normalized spacial score (nSPS) is 12.1. The van der Waals surface area contributed by atoms with Crippen molar-refractivity contribution in [2.45, 2.75) is 12.6 Å². The van der Waals surface area contributed by atoms with Gasteiger partial charge in [-0.15, -0.1) is 0 Å². The Hall–Kier alpha value is -3.06. The van der Waals surface area contributed by atoms with Crippen molar-refractivity contribution in [2.24, 2.45) is 7.05 Å². The van der Waals surface area contributed by atoms with Crippen LogP contribution < -0.4 is 10.6 Å². The van der Waals surface area contributed by atoms with Crippen LogP contribution in [0.5, 0.6) is 0 Å². The maximum absolute atomic E-state index is 11.8. The summed E-state index contributed by atoms with van der Waals surface area (Å²) < 4.78 is 6.98. The van der Waals surface area contributed by atoms with E-state index in [9.17, 15) is 14.7 Å². The summed E-state index contributed by atoms with van der Waals surface area (Å²) in [7, 11) is 1.89. The van der Waals surface area contributed by atoms with E-state index < -0.39 is 17.9 Å². The predicted octanol–water partition coefficient (Wildman–Crippen LogP) is 1.24. The molecule has 0 aliphatic rings. The maximum atomic E-state index is 11.8. The van der Waals surface area contributed by atoms with Gasteiger partial charge in [-0.1, -0.05) is 18.2 Å². The zero-order valence-electron chi connectivity index (χ0n) is 13.7. The number of carbonyl (C=O) groups is 2. The molecule has 0 spiro atoms. The Bertz CT molecular complexity index is 883. The van der Waals surface area contributed by atoms with Crippen molar-refractivity contribution in [1.29, 1.82) is 0 Å². The number of furan rings is 1. The van der Waals surface area contributed by atoms with E-state index in [1.54, 1.807) is 12.1 Å². The third-order valence-corrected chi connectivity index (χ3v) is 3.95. The van der Waals surface area contributed by atoms with Crippen LogP contribution in [-0.2, 0) is 23.2 Å². The van der Waals surface area contributed by atoms with Gasteiger partial charge >= 0.3 is 11.8 Å². The fourth-order valence-electron chi connectivity index (χ4n) is 2.68. The molecule has 0 radical (unpaired) electrons. The lowest BCUT2D eigenvalue weighted by molar-refractivity contribution is -0.139. The number of aliphatic hydroxyl groups is 1. The van der Waals surface area contributed by atoms with E-state index >= 15 is 0 Å². The lowest BCUT2D eigenvalue weighted by atomic mass is 10.1. The van der Waals surface area contributed by atoms with Crippen LogP contribution in [0.1, 0.15) is 17.4 Å². The second-order valence-corrected chi connectivity index (χ2v) is 5.70. The Kier molecular flexibility index (Phi) is 4.85. The van der Waals surface area contributed by atoms with E-state index in [1.165, 1.54) is 6.26 Å². The third-order valence-electron chi connectivity index (χ3n) is 3.95. The van der Waals surface area contributed by atoms with Gasteiger partial charge in [0.1, 0.15) is 5.76 Å². The first-order valence-corrected chi connectivity index (χ1v) is 7.86. The molecule has 25 heavy (non-hydrogen) atoms. The first-order chi connectivity index (χ1) is 12.1. The van der Waals surface area contributed by atoms with E-state index in [4.69, 9.17) is 4.42 Å². The number of rotatable bonds is 5. The average Bonchev–Trinajstić information content (AvgIpc) is 3.26. The Labute approximate surface area is 144 Å². The molecule has 1 aromatic carbocycles. The minimum Gasteiger partial charge on any atom is -0.467 e. The molecule has 3 aromatic rings. The first-order valence-electron chi connectivity index (χ1n) is 7.86. The van der Waals surface area contributed by atoms with Gasteiger partial charge in [-0.25, -0.2) is 0 Å². The second kappa shape index (κ2) is 7.23. The van der Waals surface area contributed by atoms with Crippen molar-refractivity contribution < 1.29 is 19.1 Å². The van der Waals surface area contributed by atoms with Crippen molar-refractivity contribution in [3.63, 3.8) is 0 Å². The molecule has 2 heterocycles. The van der Waals surface area contributed by atoms with Crippen LogP contribution in [0.3, 0.4) is 0 Å². The van der Waals surface area contributed by atoms with Gasteiger partial charge in [0.05, 0.1) is 18.9 Å². The van der Waals surface area contributed by atoms with E-state index in [0.717, 1.165) is 10.9 Å². The number of para-hydroxylation sites is 1. The first kappa shape index (κ1) is 16.8. The number of aryl methyl sites for hydroxylation is 1. The SMILES string of the molecule is Cn1cc([C@@H](O)CNC(=O)C(=O)NCc2ccco2)c2ccccc21. The molecule has 1 atom stereocenters. The molecule has 130 valence electrons. The number of aliphatic hydroxyl groups excluding tert-OH is 1. The van der Waals surface area contributed by atoms with Gasteiger partial charge < -0.3 is 24.7 Å². The van der Waals surface area contributed by atoms with E-state index in [1.807, 2.05) is 42.1 Å². The minimum atomic E-state index is -0.909. The van der Waals surface area contributed by atoms with Crippen molar-refractivity contribution in [2.75, 3.05) is 6.54 Å². The van der Waals surface area contributed by atoms with Gasteiger partial charge in [-0.05, 0) is 18.2 Å². The summed E-state index contributed by atoms with van der Waals surface area (Å²) in [5.74, 6) is -1.02. The second-order valence-electron chi connectivity index (χ2n) is 5.70. The fraction of sp³-hybridized carbons (Fsp3) is 0.222. The summed E-state index contributed by atoms with van der Waals surface area (Å²) in [6.45, 7) is 0.0755. The van der Waals surface area contributed by atoms with Gasteiger partial charge in [0, 0.05) is 36.3 Å². The van der Waals surface area contributed by atoms with E-state index in [0.29, 0.717) is 11.3 Å². The maximum Gasteiger partial charge on any atom is 0.309 e. The Morgan fingerprint density at radius 1 is 1.16 bits per heavy atom. The molecule has 3 rings (SSSR count). The summed E-state index contributed by atoms with van der Waals surface area (Å²) in [5, 5.41) is 16.2. The molecule has 7 nitrogen and oxygen atoms in total. The molecule has 0 saturated heterocycles. The lowest BCUT2D eigenvalue weighted by Gasteiger charge is -2.11. The van der Waals surface area contributed by atoms with Crippen LogP contribution in [0.4, 0.5) is 0 Å². The quantitative estimate of drug-likeness (QED) is 0.608. The standard InChI is InChI=1S/C18H19N3O4/c1-21-11-14(13-6-2-3-7-15(13)21)16(22)10-20-18(24)17(23)19-9-12-5-4-8-25-12/h2-8,11,16,22H,9-10H2,1H3,(H,19,23)(H,20,24)/t16-/m0/s1. The van der Waals surface area contributed by atoms with E-state index in [-0.39, 0.29) is 13.1 Å². The number of nitrogens with zero attached hydrogens (tertiary/aromatic N) is 1. The number of hydrogen-bond acceptors (Lipinski definition) is 4. The molecule has 0 aliphatic heterocycles. The lowest BCUT2D eigenvalue weighted by Crippen LogP contribution is -2.41. The number of carbonyl (C=O) groups excluding carboxylic acids is 2. The molecule has 2 amide bonds. The average molecular weight is 341 g/mol. The van der Waals surface area contributed by atoms with Crippen LogP contribution in [-0.4, -0.2) is 28.0 Å².